The molecular formula is C14H28N2O. The Hall–Kier alpha value is -0.120. The molecule has 0 saturated carbocycles. The van der Waals surface area contributed by atoms with Gasteiger partial charge in [0.1, 0.15) is 0 Å². The van der Waals surface area contributed by atoms with Crippen molar-refractivity contribution in [1.29, 1.82) is 0 Å². The molecule has 0 aromatic rings. The second-order valence-electron chi connectivity index (χ2n) is 6.51. The van der Waals surface area contributed by atoms with E-state index < -0.39 is 0 Å². The van der Waals surface area contributed by atoms with Gasteiger partial charge >= 0.3 is 0 Å². The number of likely N-dealkylation sites (tertiary alicyclic amines) is 1. The van der Waals surface area contributed by atoms with Gasteiger partial charge in [0.25, 0.3) is 0 Å². The van der Waals surface area contributed by atoms with E-state index in [4.69, 9.17) is 4.74 Å². The first-order valence-electron chi connectivity index (χ1n) is 7.10. The summed E-state index contributed by atoms with van der Waals surface area (Å²) in [5.74, 6) is 1.77. The Morgan fingerprint density at radius 3 is 2.71 bits per heavy atom. The summed E-state index contributed by atoms with van der Waals surface area (Å²) in [6.45, 7) is 14.4. The maximum Gasteiger partial charge on any atom is 0.0600 e. The third kappa shape index (κ3) is 3.21. The zero-order valence-corrected chi connectivity index (χ0v) is 11.8. The average molecular weight is 240 g/mol. The van der Waals surface area contributed by atoms with Crippen molar-refractivity contribution in [1.82, 2.24) is 10.2 Å². The van der Waals surface area contributed by atoms with E-state index in [2.05, 4.69) is 37.9 Å². The summed E-state index contributed by atoms with van der Waals surface area (Å²) in [5.41, 5.74) is -0.00113. The van der Waals surface area contributed by atoms with Gasteiger partial charge in [0.2, 0.25) is 0 Å². The number of rotatable bonds is 4. The van der Waals surface area contributed by atoms with Crippen molar-refractivity contribution >= 4 is 0 Å². The molecule has 0 aromatic carbocycles. The minimum atomic E-state index is -0.00113. The lowest BCUT2D eigenvalue weighted by molar-refractivity contribution is -0.0155. The number of hydrogen-bond donors (Lipinski definition) is 1. The lowest BCUT2D eigenvalue weighted by Crippen LogP contribution is -2.38. The van der Waals surface area contributed by atoms with Gasteiger partial charge in [-0.05, 0) is 52.1 Å². The monoisotopic (exact) mass is 240 g/mol. The summed E-state index contributed by atoms with van der Waals surface area (Å²) in [6.07, 6.45) is 1.28. The molecule has 0 bridgehead atoms. The molecule has 0 radical (unpaired) electrons. The quantitative estimate of drug-likeness (QED) is 0.810. The van der Waals surface area contributed by atoms with Crippen LogP contribution >= 0.6 is 0 Å². The molecule has 3 heteroatoms. The summed E-state index contributed by atoms with van der Waals surface area (Å²) in [7, 11) is 0. The number of nitrogens with zero attached hydrogens (tertiary/aromatic N) is 1. The van der Waals surface area contributed by atoms with Crippen LogP contribution in [0.4, 0.5) is 0 Å². The second kappa shape index (κ2) is 5.25. The fourth-order valence-electron chi connectivity index (χ4n) is 3.40. The van der Waals surface area contributed by atoms with E-state index >= 15 is 0 Å². The molecule has 2 aliphatic rings. The van der Waals surface area contributed by atoms with Crippen molar-refractivity contribution in [3.8, 4) is 0 Å². The Labute approximate surface area is 106 Å². The molecule has 0 aromatic heterocycles. The molecule has 2 heterocycles. The SMILES string of the molecule is CCC1C2CNCC2CN1CCOC(C)(C)C. The Bertz CT molecular complexity index is 249. The second-order valence-corrected chi connectivity index (χ2v) is 6.51. The highest BCUT2D eigenvalue weighted by Crippen LogP contribution is 2.33. The lowest BCUT2D eigenvalue weighted by Gasteiger charge is -2.28. The third-order valence-electron chi connectivity index (χ3n) is 4.16. The molecule has 2 rings (SSSR count). The molecule has 0 spiro atoms. The summed E-state index contributed by atoms with van der Waals surface area (Å²) >= 11 is 0. The maximum atomic E-state index is 5.85. The highest BCUT2D eigenvalue weighted by Gasteiger charge is 2.42. The average Bonchev–Trinajstić information content (AvgIpc) is 2.75. The summed E-state index contributed by atoms with van der Waals surface area (Å²) in [4.78, 5) is 2.65. The van der Waals surface area contributed by atoms with Gasteiger partial charge in [-0.15, -0.1) is 0 Å². The van der Waals surface area contributed by atoms with Gasteiger partial charge in [0.05, 0.1) is 12.2 Å². The van der Waals surface area contributed by atoms with E-state index in [1.165, 1.54) is 26.1 Å². The molecule has 2 saturated heterocycles. The van der Waals surface area contributed by atoms with E-state index in [1.54, 1.807) is 0 Å². The largest absolute Gasteiger partial charge is 0.375 e. The van der Waals surface area contributed by atoms with E-state index in [0.717, 1.165) is 31.0 Å². The first kappa shape index (κ1) is 13.3. The van der Waals surface area contributed by atoms with Crippen molar-refractivity contribution < 1.29 is 4.74 Å². The molecule has 100 valence electrons. The normalized spacial score (nSPS) is 34.2. The zero-order valence-electron chi connectivity index (χ0n) is 11.8. The fourth-order valence-corrected chi connectivity index (χ4v) is 3.40. The van der Waals surface area contributed by atoms with Gasteiger partial charge in [0.15, 0.2) is 0 Å². The van der Waals surface area contributed by atoms with Crippen molar-refractivity contribution in [2.24, 2.45) is 11.8 Å². The van der Waals surface area contributed by atoms with Gasteiger partial charge in [-0.1, -0.05) is 6.92 Å². The fraction of sp³-hybridized carbons (Fsp3) is 1.00. The summed E-state index contributed by atoms with van der Waals surface area (Å²) < 4.78 is 5.85. The van der Waals surface area contributed by atoms with Crippen LogP contribution < -0.4 is 5.32 Å². The Morgan fingerprint density at radius 1 is 1.29 bits per heavy atom. The minimum absolute atomic E-state index is 0.00113. The van der Waals surface area contributed by atoms with E-state index in [-0.39, 0.29) is 5.60 Å². The van der Waals surface area contributed by atoms with Gasteiger partial charge in [0, 0.05) is 19.1 Å². The van der Waals surface area contributed by atoms with Gasteiger partial charge < -0.3 is 10.1 Å². The molecule has 17 heavy (non-hydrogen) atoms. The Kier molecular flexibility index (Phi) is 4.11. The highest BCUT2D eigenvalue weighted by molar-refractivity contribution is 4.97. The predicted molar refractivity (Wildman–Crippen MR) is 71.2 cm³/mol. The first-order valence-corrected chi connectivity index (χ1v) is 7.10. The number of nitrogens with one attached hydrogen (secondary N) is 1. The van der Waals surface area contributed by atoms with Crippen LogP contribution in [0.15, 0.2) is 0 Å². The van der Waals surface area contributed by atoms with Crippen molar-refractivity contribution in [2.45, 2.75) is 45.8 Å². The maximum absolute atomic E-state index is 5.85. The topological polar surface area (TPSA) is 24.5 Å². The van der Waals surface area contributed by atoms with Crippen LogP contribution in [0.2, 0.25) is 0 Å². The number of hydrogen-bond acceptors (Lipinski definition) is 3. The van der Waals surface area contributed by atoms with E-state index in [1.807, 2.05) is 0 Å². The molecular weight excluding hydrogens is 212 g/mol. The lowest BCUT2D eigenvalue weighted by atomic mass is 9.93. The molecule has 3 atom stereocenters. The van der Waals surface area contributed by atoms with Crippen LogP contribution in [0, 0.1) is 11.8 Å². The molecule has 1 N–H and O–H groups in total. The minimum Gasteiger partial charge on any atom is -0.375 e. The first-order chi connectivity index (χ1) is 8.01. The highest BCUT2D eigenvalue weighted by atomic mass is 16.5. The van der Waals surface area contributed by atoms with Crippen molar-refractivity contribution in [3.05, 3.63) is 0 Å². The Morgan fingerprint density at radius 2 is 2.06 bits per heavy atom. The molecule has 0 amide bonds. The molecule has 0 aliphatic carbocycles. The molecule has 2 fully saturated rings. The number of fused-ring (bicyclic) bond motifs is 1. The van der Waals surface area contributed by atoms with Crippen LogP contribution in [0.1, 0.15) is 34.1 Å². The van der Waals surface area contributed by atoms with Gasteiger partial charge in [-0.3, -0.25) is 4.90 Å². The van der Waals surface area contributed by atoms with Crippen LogP contribution in [0.5, 0.6) is 0 Å². The van der Waals surface area contributed by atoms with Gasteiger partial charge in [-0.25, -0.2) is 0 Å². The summed E-state index contributed by atoms with van der Waals surface area (Å²) in [6, 6.07) is 0.776. The van der Waals surface area contributed by atoms with Crippen molar-refractivity contribution in [2.75, 3.05) is 32.8 Å². The molecule has 3 unspecified atom stereocenters. The zero-order chi connectivity index (χ0) is 12.5. The van der Waals surface area contributed by atoms with Gasteiger partial charge in [-0.2, -0.15) is 0 Å². The predicted octanol–water partition coefficient (Wildman–Crippen LogP) is 1.73. The molecule has 3 nitrogen and oxygen atoms in total. The number of ether oxygens (including phenoxy) is 1. The Balaban J connectivity index is 1.81. The van der Waals surface area contributed by atoms with E-state index in [9.17, 15) is 0 Å². The van der Waals surface area contributed by atoms with Crippen molar-refractivity contribution in [3.63, 3.8) is 0 Å². The van der Waals surface area contributed by atoms with Crippen LogP contribution in [-0.4, -0.2) is 49.3 Å². The summed E-state index contributed by atoms with van der Waals surface area (Å²) in [5, 5.41) is 3.53. The van der Waals surface area contributed by atoms with E-state index in [0.29, 0.717) is 0 Å². The van der Waals surface area contributed by atoms with Crippen LogP contribution in [-0.2, 0) is 4.74 Å². The van der Waals surface area contributed by atoms with Crippen LogP contribution in [0.3, 0.4) is 0 Å². The third-order valence-corrected chi connectivity index (χ3v) is 4.16. The van der Waals surface area contributed by atoms with Crippen LogP contribution in [0.25, 0.3) is 0 Å². The standard InChI is InChI=1S/C14H28N2O/c1-5-13-12-9-15-8-11(12)10-16(13)6-7-17-14(2,3)4/h11-13,15H,5-10H2,1-4H3. The molecule has 2 aliphatic heterocycles. The smallest absolute Gasteiger partial charge is 0.0600 e.